The van der Waals surface area contributed by atoms with Crippen LogP contribution in [0.2, 0.25) is 0 Å². The van der Waals surface area contributed by atoms with Gasteiger partial charge in [-0.2, -0.15) is 0 Å². The number of hydrogen-bond acceptors (Lipinski definition) is 1. The first-order valence-electron chi connectivity index (χ1n) is 4.13. The van der Waals surface area contributed by atoms with Crippen molar-refractivity contribution in [3.05, 3.63) is 42.0 Å². The van der Waals surface area contributed by atoms with Crippen molar-refractivity contribution in [1.82, 2.24) is 0 Å². The van der Waals surface area contributed by atoms with Gasteiger partial charge in [-0.25, -0.2) is 0 Å². The summed E-state index contributed by atoms with van der Waals surface area (Å²) in [5, 5.41) is 9.43. The molecule has 1 aromatic rings. The molecular weight excluding hydrogens is 148 g/mol. The summed E-state index contributed by atoms with van der Waals surface area (Å²) >= 11 is 0. The van der Waals surface area contributed by atoms with Crippen molar-refractivity contribution in [3.8, 4) is 5.75 Å². The minimum absolute atomic E-state index is 0.391. The molecule has 0 bridgehead atoms. The molecule has 12 heavy (non-hydrogen) atoms. The Balaban J connectivity index is 2.82. The predicted octanol–water partition coefficient (Wildman–Crippen LogP) is 2.82. The minimum Gasteiger partial charge on any atom is -0.508 e. The summed E-state index contributed by atoms with van der Waals surface area (Å²) in [4.78, 5) is 0. The Morgan fingerprint density at radius 1 is 1.50 bits per heavy atom. The van der Waals surface area contributed by atoms with E-state index >= 15 is 0 Å². The molecule has 64 valence electrons. The van der Waals surface area contributed by atoms with Gasteiger partial charge in [0, 0.05) is 0 Å². The summed E-state index contributed by atoms with van der Waals surface area (Å²) in [5.74, 6) is 0.391. The minimum atomic E-state index is 0.391. The molecule has 1 nitrogen and oxygen atoms in total. The molecule has 1 heteroatoms. The van der Waals surface area contributed by atoms with Crippen LogP contribution in [0.15, 0.2) is 30.9 Å². The highest BCUT2D eigenvalue weighted by Crippen LogP contribution is 2.19. The molecule has 0 saturated heterocycles. The molecule has 0 heterocycles. The van der Waals surface area contributed by atoms with Gasteiger partial charge in [-0.1, -0.05) is 23.8 Å². The van der Waals surface area contributed by atoms with Crippen molar-refractivity contribution in [1.29, 1.82) is 0 Å². The molecule has 0 aromatic heterocycles. The van der Waals surface area contributed by atoms with E-state index in [0.29, 0.717) is 5.75 Å². The molecule has 0 aliphatic carbocycles. The van der Waals surface area contributed by atoms with Crippen molar-refractivity contribution in [2.75, 3.05) is 0 Å². The van der Waals surface area contributed by atoms with Crippen LogP contribution in [0, 0.1) is 6.92 Å². The lowest BCUT2D eigenvalue weighted by Gasteiger charge is -2.03. The Hall–Kier alpha value is -1.24. The number of aryl methyl sites for hydroxylation is 2. The maximum atomic E-state index is 9.43. The highest BCUT2D eigenvalue weighted by Gasteiger charge is 1.98. The van der Waals surface area contributed by atoms with E-state index in [1.807, 2.05) is 25.1 Å². The Kier molecular flexibility index (Phi) is 2.92. The molecule has 0 atom stereocenters. The van der Waals surface area contributed by atoms with Crippen LogP contribution in [-0.2, 0) is 6.42 Å². The number of hydrogen-bond donors (Lipinski definition) is 1. The van der Waals surface area contributed by atoms with Crippen molar-refractivity contribution in [2.24, 2.45) is 0 Å². The zero-order valence-electron chi connectivity index (χ0n) is 7.38. The molecule has 0 aliphatic rings. The van der Waals surface area contributed by atoms with E-state index in [-0.39, 0.29) is 0 Å². The van der Waals surface area contributed by atoms with Crippen molar-refractivity contribution in [2.45, 2.75) is 19.8 Å². The molecule has 0 amide bonds. The highest BCUT2D eigenvalue weighted by molar-refractivity contribution is 5.35. The molecule has 0 unspecified atom stereocenters. The second kappa shape index (κ2) is 3.96. The van der Waals surface area contributed by atoms with Gasteiger partial charge >= 0.3 is 0 Å². The van der Waals surface area contributed by atoms with Gasteiger partial charge in [-0.3, -0.25) is 0 Å². The Morgan fingerprint density at radius 2 is 2.25 bits per heavy atom. The molecule has 0 radical (unpaired) electrons. The van der Waals surface area contributed by atoms with Crippen LogP contribution in [0.25, 0.3) is 0 Å². The second-order valence-corrected chi connectivity index (χ2v) is 2.96. The van der Waals surface area contributed by atoms with E-state index < -0.39 is 0 Å². The average Bonchev–Trinajstić information content (AvgIpc) is 2.07. The normalized spacial score (nSPS) is 9.75. The van der Waals surface area contributed by atoms with Gasteiger partial charge < -0.3 is 5.11 Å². The molecule has 0 saturated carbocycles. The first-order chi connectivity index (χ1) is 5.74. The quantitative estimate of drug-likeness (QED) is 0.677. The summed E-state index contributed by atoms with van der Waals surface area (Å²) in [5.41, 5.74) is 2.20. The van der Waals surface area contributed by atoms with E-state index in [1.165, 1.54) is 5.56 Å². The van der Waals surface area contributed by atoms with E-state index in [2.05, 4.69) is 6.58 Å². The van der Waals surface area contributed by atoms with Gasteiger partial charge in [0.15, 0.2) is 0 Å². The predicted molar refractivity (Wildman–Crippen MR) is 51.4 cm³/mol. The summed E-state index contributed by atoms with van der Waals surface area (Å²) in [6.07, 6.45) is 3.65. The fourth-order valence-corrected chi connectivity index (χ4v) is 1.17. The largest absolute Gasteiger partial charge is 0.508 e. The summed E-state index contributed by atoms with van der Waals surface area (Å²) < 4.78 is 0. The first kappa shape index (κ1) is 8.85. The Bertz CT molecular complexity index is 276. The van der Waals surface area contributed by atoms with Crippen molar-refractivity contribution in [3.63, 3.8) is 0 Å². The average molecular weight is 162 g/mol. The molecule has 1 rings (SSSR count). The molecule has 0 aliphatic heterocycles. The van der Waals surface area contributed by atoms with Crippen LogP contribution < -0.4 is 0 Å². The van der Waals surface area contributed by atoms with E-state index in [9.17, 15) is 5.11 Å². The van der Waals surface area contributed by atoms with Crippen LogP contribution in [0.3, 0.4) is 0 Å². The number of phenols is 1. The van der Waals surface area contributed by atoms with Crippen LogP contribution in [0.5, 0.6) is 5.75 Å². The van der Waals surface area contributed by atoms with Crippen molar-refractivity contribution >= 4 is 0 Å². The second-order valence-electron chi connectivity index (χ2n) is 2.96. The Labute approximate surface area is 73.4 Å². The first-order valence-corrected chi connectivity index (χ1v) is 4.13. The summed E-state index contributed by atoms with van der Waals surface area (Å²) in [6.45, 7) is 5.67. The zero-order chi connectivity index (χ0) is 8.97. The van der Waals surface area contributed by atoms with Gasteiger partial charge in [0.1, 0.15) is 5.75 Å². The summed E-state index contributed by atoms with van der Waals surface area (Å²) in [6, 6.07) is 5.67. The van der Waals surface area contributed by atoms with E-state index in [4.69, 9.17) is 0 Å². The number of benzene rings is 1. The molecular formula is C11H14O. The standard InChI is InChI=1S/C11H14O/c1-3-4-5-10-8-9(2)6-7-11(10)12/h3,6-8,12H,1,4-5H2,2H3. The van der Waals surface area contributed by atoms with Crippen LogP contribution in [0.1, 0.15) is 17.5 Å². The van der Waals surface area contributed by atoms with Gasteiger partial charge in [0.05, 0.1) is 0 Å². The number of aromatic hydroxyl groups is 1. The third-order valence-corrected chi connectivity index (χ3v) is 1.85. The fraction of sp³-hybridized carbons (Fsp3) is 0.273. The smallest absolute Gasteiger partial charge is 0.118 e. The topological polar surface area (TPSA) is 20.2 Å². The number of rotatable bonds is 3. The maximum absolute atomic E-state index is 9.43. The highest BCUT2D eigenvalue weighted by atomic mass is 16.3. The van der Waals surface area contributed by atoms with Crippen LogP contribution in [0.4, 0.5) is 0 Å². The monoisotopic (exact) mass is 162 g/mol. The third kappa shape index (κ3) is 2.12. The molecule has 1 N–H and O–H groups in total. The zero-order valence-corrected chi connectivity index (χ0v) is 7.38. The Morgan fingerprint density at radius 3 is 2.92 bits per heavy atom. The molecule has 1 aromatic carbocycles. The van der Waals surface area contributed by atoms with E-state index in [0.717, 1.165) is 18.4 Å². The van der Waals surface area contributed by atoms with Gasteiger partial charge in [-0.15, -0.1) is 6.58 Å². The lowest BCUT2D eigenvalue weighted by molar-refractivity contribution is 0.468. The van der Waals surface area contributed by atoms with Crippen LogP contribution in [-0.4, -0.2) is 5.11 Å². The van der Waals surface area contributed by atoms with Crippen LogP contribution >= 0.6 is 0 Å². The van der Waals surface area contributed by atoms with Gasteiger partial charge in [0.2, 0.25) is 0 Å². The van der Waals surface area contributed by atoms with E-state index in [1.54, 1.807) is 6.07 Å². The maximum Gasteiger partial charge on any atom is 0.118 e. The lowest BCUT2D eigenvalue weighted by Crippen LogP contribution is -1.85. The fourth-order valence-electron chi connectivity index (χ4n) is 1.17. The van der Waals surface area contributed by atoms with Crippen molar-refractivity contribution < 1.29 is 5.11 Å². The SMILES string of the molecule is C=CCCc1cc(C)ccc1O. The number of phenolic OH excluding ortho intramolecular Hbond substituents is 1. The number of allylic oxidation sites excluding steroid dienone is 1. The molecule has 0 spiro atoms. The summed E-state index contributed by atoms with van der Waals surface area (Å²) in [7, 11) is 0. The van der Waals surface area contributed by atoms with Gasteiger partial charge in [-0.05, 0) is 31.4 Å². The van der Waals surface area contributed by atoms with Gasteiger partial charge in [0.25, 0.3) is 0 Å². The molecule has 0 fully saturated rings. The third-order valence-electron chi connectivity index (χ3n) is 1.85. The lowest BCUT2D eigenvalue weighted by atomic mass is 10.1.